The summed E-state index contributed by atoms with van der Waals surface area (Å²) in [7, 11) is 0. The van der Waals surface area contributed by atoms with E-state index in [1.54, 1.807) is 17.0 Å². The molecule has 0 saturated heterocycles. The minimum Gasteiger partial charge on any atom is -0.464 e. The maximum Gasteiger partial charge on any atom is 0.261 e. The number of amides is 1. The summed E-state index contributed by atoms with van der Waals surface area (Å²) in [6, 6.07) is 13.0. The van der Waals surface area contributed by atoms with E-state index < -0.39 is 10.9 Å². The Kier molecular flexibility index (Phi) is 7.13. The van der Waals surface area contributed by atoms with E-state index in [2.05, 4.69) is 42.7 Å². The third kappa shape index (κ3) is 4.73. The Balaban J connectivity index is 1.51. The van der Waals surface area contributed by atoms with Crippen molar-refractivity contribution in [3.05, 3.63) is 102 Å². The smallest absolute Gasteiger partial charge is 0.261 e. The molecule has 2 heterocycles. The Morgan fingerprint density at radius 3 is 2.33 bits per heavy atom. The zero-order chi connectivity index (χ0) is 28.9. The second-order valence-corrected chi connectivity index (χ2v) is 11.8. The Bertz CT molecular complexity index is 1690. The van der Waals surface area contributed by atoms with E-state index in [1.165, 1.54) is 0 Å². The highest BCUT2D eigenvalue weighted by molar-refractivity contribution is 6.33. The molecule has 1 aliphatic rings. The van der Waals surface area contributed by atoms with E-state index in [9.17, 15) is 14.4 Å². The van der Waals surface area contributed by atoms with Gasteiger partial charge in [-0.1, -0.05) is 58.4 Å². The fraction of sp³-hybridized carbons (Fsp3) is 0.344. The van der Waals surface area contributed by atoms with Crippen LogP contribution in [-0.4, -0.2) is 5.91 Å². The third-order valence-electron chi connectivity index (χ3n) is 7.63. The quantitative estimate of drug-likeness (QED) is 0.224. The maximum atomic E-state index is 13.9. The van der Waals surface area contributed by atoms with Crippen molar-refractivity contribution in [1.29, 1.82) is 0 Å². The second kappa shape index (κ2) is 10.3. The monoisotopic (exact) mass is 559 g/mol. The molecule has 5 rings (SSSR count). The number of furan rings is 1. The van der Waals surface area contributed by atoms with Crippen LogP contribution in [0.1, 0.15) is 79.2 Å². The fourth-order valence-electron chi connectivity index (χ4n) is 5.32. The minimum absolute atomic E-state index is 0.125. The van der Waals surface area contributed by atoms with Crippen molar-refractivity contribution in [2.75, 3.05) is 15.5 Å². The van der Waals surface area contributed by atoms with Gasteiger partial charge in [0.2, 0.25) is 0 Å². The highest BCUT2D eigenvalue weighted by Crippen LogP contribution is 2.41. The first kappa shape index (κ1) is 27.7. The van der Waals surface area contributed by atoms with Crippen molar-refractivity contribution < 1.29 is 9.21 Å². The molecule has 0 aliphatic carbocycles. The van der Waals surface area contributed by atoms with E-state index in [0.717, 1.165) is 35.4 Å². The molecule has 1 aromatic heterocycles. The van der Waals surface area contributed by atoms with Gasteiger partial charge in [0.1, 0.15) is 22.9 Å². The zero-order valence-corrected chi connectivity index (χ0v) is 24.5. The van der Waals surface area contributed by atoms with Gasteiger partial charge in [-0.2, -0.15) is 0 Å². The first-order chi connectivity index (χ1) is 18.9. The molecular formula is C32H34ClN3O4. The lowest BCUT2D eigenvalue weighted by molar-refractivity contribution is 0.0997. The van der Waals surface area contributed by atoms with Crippen molar-refractivity contribution in [3.63, 3.8) is 0 Å². The van der Waals surface area contributed by atoms with Gasteiger partial charge < -0.3 is 20.0 Å². The largest absolute Gasteiger partial charge is 0.464 e. The molecule has 3 aromatic carbocycles. The van der Waals surface area contributed by atoms with Crippen molar-refractivity contribution in [2.24, 2.45) is 5.41 Å². The number of halogens is 1. The molecular weight excluding hydrogens is 526 g/mol. The molecule has 208 valence electrons. The lowest BCUT2D eigenvalue weighted by Gasteiger charge is -2.31. The molecule has 0 saturated carbocycles. The zero-order valence-electron chi connectivity index (χ0n) is 23.7. The number of anilines is 4. The van der Waals surface area contributed by atoms with Crippen molar-refractivity contribution >= 4 is 40.3 Å². The number of carbonyl (C=O) groups excluding carboxylic acids is 1. The van der Waals surface area contributed by atoms with Gasteiger partial charge in [-0.3, -0.25) is 14.4 Å². The van der Waals surface area contributed by atoms with Crippen LogP contribution in [0.3, 0.4) is 0 Å². The number of rotatable bonds is 8. The summed E-state index contributed by atoms with van der Waals surface area (Å²) < 4.78 is 5.87. The Labute approximate surface area is 238 Å². The SMILES string of the molecule is CCc1ccc(CC)c(N2Cc3c(Cl)ccc(Nc4c(N[C@@H](c5ccc(C)o5)C(C)(C)C)c(=O)c4=O)c3C2=O)c1. The number of hydrogen-bond donors (Lipinski definition) is 2. The number of aryl methyl sites for hydroxylation is 3. The van der Waals surface area contributed by atoms with E-state index in [1.807, 2.05) is 39.8 Å². The summed E-state index contributed by atoms with van der Waals surface area (Å²) >= 11 is 6.58. The Hall–Kier alpha value is -3.84. The number of fused-ring (bicyclic) bond motifs is 1. The van der Waals surface area contributed by atoms with Crippen molar-refractivity contribution in [1.82, 2.24) is 0 Å². The fourth-order valence-corrected chi connectivity index (χ4v) is 5.53. The predicted molar refractivity (Wildman–Crippen MR) is 161 cm³/mol. The molecule has 2 N–H and O–H groups in total. The molecule has 0 bridgehead atoms. The Morgan fingerprint density at radius 2 is 1.70 bits per heavy atom. The van der Waals surface area contributed by atoms with Crippen LogP contribution in [0.25, 0.3) is 0 Å². The van der Waals surface area contributed by atoms with Crippen molar-refractivity contribution in [3.8, 4) is 0 Å². The predicted octanol–water partition coefficient (Wildman–Crippen LogP) is 7.07. The van der Waals surface area contributed by atoms with Crippen LogP contribution < -0.4 is 26.4 Å². The molecule has 4 aromatic rings. The van der Waals surface area contributed by atoms with Crippen molar-refractivity contribution in [2.45, 2.75) is 67.0 Å². The molecule has 0 radical (unpaired) electrons. The van der Waals surface area contributed by atoms with Gasteiger partial charge in [0.05, 0.1) is 23.8 Å². The van der Waals surface area contributed by atoms with Crippen LogP contribution in [0.2, 0.25) is 5.02 Å². The van der Waals surface area contributed by atoms with E-state index in [-0.39, 0.29) is 28.7 Å². The average molecular weight is 560 g/mol. The van der Waals surface area contributed by atoms with Crippen LogP contribution in [0, 0.1) is 12.3 Å². The van der Waals surface area contributed by atoms with Gasteiger partial charge in [-0.15, -0.1) is 0 Å². The molecule has 0 spiro atoms. The molecule has 0 fully saturated rings. The van der Waals surface area contributed by atoms with E-state index in [4.69, 9.17) is 16.0 Å². The minimum atomic E-state index is -0.638. The molecule has 1 aliphatic heterocycles. The molecule has 7 nitrogen and oxygen atoms in total. The molecule has 0 unspecified atom stereocenters. The van der Waals surface area contributed by atoms with Crippen LogP contribution in [0.15, 0.2) is 56.5 Å². The van der Waals surface area contributed by atoms with Gasteiger partial charge in [0.25, 0.3) is 16.8 Å². The number of hydrogen-bond acceptors (Lipinski definition) is 6. The summed E-state index contributed by atoms with van der Waals surface area (Å²) in [4.78, 5) is 41.2. The first-order valence-corrected chi connectivity index (χ1v) is 14.0. The molecule has 40 heavy (non-hydrogen) atoms. The average Bonchev–Trinajstić information content (AvgIpc) is 3.51. The topological polar surface area (TPSA) is 91.7 Å². The third-order valence-corrected chi connectivity index (χ3v) is 7.99. The van der Waals surface area contributed by atoms with Gasteiger partial charge in [-0.25, -0.2) is 0 Å². The van der Waals surface area contributed by atoms with Crippen LogP contribution in [0.4, 0.5) is 22.7 Å². The van der Waals surface area contributed by atoms with Gasteiger partial charge >= 0.3 is 0 Å². The lowest BCUT2D eigenvalue weighted by Crippen LogP contribution is -2.39. The number of nitrogens with zero attached hydrogens (tertiary/aromatic N) is 1. The summed E-state index contributed by atoms with van der Waals surface area (Å²) in [5.41, 5.74) is 3.33. The van der Waals surface area contributed by atoms with Gasteiger partial charge in [0, 0.05) is 16.3 Å². The maximum absolute atomic E-state index is 13.9. The number of nitrogens with one attached hydrogen (secondary N) is 2. The summed E-state index contributed by atoms with van der Waals surface area (Å²) in [6.07, 6.45) is 1.63. The van der Waals surface area contributed by atoms with Crippen LogP contribution in [0.5, 0.6) is 0 Å². The summed E-state index contributed by atoms with van der Waals surface area (Å²) in [5.74, 6) is 1.22. The molecule has 1 atom stereocenters. The number of benzene rings is 2. The second-order valence-electron chi connectivity index (χ2n) is 11.4. The summed E-state index contributed by atoms with van der Waals surface area (Å²) in [5, 5.41) is 6.85. The molecule has 8 heteroatoms. The van der Waals surface area contributed by atoms with E-state index >= 15 is 0 Å². The van der Waals surface area contributed by atoms with Crippen LogP contribution in [-0.2, 0) is 19.4 Å². The highest BCUT2D eigenvalue weighted by atomic mass is 35.5. The van der Waals surface area contributed by atoms with E-state index in [0.29, 0.717) is 34.1 Å². The normalized spacial score (nSPS) is 14.1. The van der Waals surface area contributed by atoms with Crippen LogP contribution >= 0.6 is 11.6 Å². The standard InChI is InChI=1S/C32H34ClN3O4/c1-7-18-10-11-19(8-2)23(15-18)36-16-20-21(33)12-13-22(25(20)31(36)39)34-26-27(29(38)28(26)37)35-30(32(4,5)6)24-14-9-17(3)40-24/h9-15,30,34-35H,7-8,16H2,1-6H3/t30-/m0/s1. The first-order valence-electron chi connectivity index (χ1n) is 13.6. The number of carbonyl (C=O) groups is 1. The lowest BCUT2D eigenvalue weighted by atomic mass is 9.85. The van der Waals surface area contributed by atoms with Gasteiger partial charge in [-0.05, 0) is 66.6 Å². The Morgan fingerprint density at radius 1 is 0.975 bits per heavy atom. The summed E-state index contributed by atoms with van der Waals surface area (Å²) in [6.45, 7) is 12.4. The molecule has 1 amide bonds. The highest BCUT2D eigenvalue weighted by Gasteiger charge is 2.36. The van der Waals surface area contributed by atoms with Gasteiger partial charge in [0.15, 0.2) is 0 Å².